The fourth-order valence-electron chi connectivity index (χ4n) is 1.66. The Labute approximate surface area is 89.8 Å². The zero-order chi connectivity index (χ0) is 10.7. The monoisotopic (exact) mass is 195 g/mol. The van der Waals surface area contributed by atoms with Crippen molar-refractivity contribution in [3.63, 3.8) is 0 Å². The molecule has 0 unspecified atom stereocenters. The Balaban J connectivity index is 2.65. The van der Waals surface area contributed by atoms with Crippen molar-refractivity contribution in [2.75, 3.05) is 0 Å². The minimum atomic E-state index is 0.953. The first kappa shape index (κ1) is 9.66. The molecule has 0 aliphatic carbocycles. The summed E-state index contributed by atoms with van der Waals surface area (Å²) in [6.45, 7) is 6.00. The molecule has 0 aliphatic rings. The molecule has 0 radical (unpaired) electrons. The van der Waals surface area contributed by atoms with Crippen LogP contribution in [0.25, 0.3) is 16.3 Å². The van der Waals surface area contributed by atoms with Crippen LogP contribution in [-0.4, -0.2) is 4.98 Å². The third-order valence-corrected chi connectivity index (χ3v) is 2.35. The van der Waals surface area contributed by atoms with Gasteiger partial charge in [0.25, 0.3) is 0 Å². The second-order valence-electron chi connectivity index (χ2n) is 3.41. The van der Waals surface area contributed by atoms with Crippen LogP contribution in [0.1, 0.15) is 12.6 Å². The van der Waals surface area contributed by atoms with Crippen molar-refractivity contribution < 1.29 is 0 Å². The van der Waals surface area contributed by atoms with Gasteiger partial charge in [0, 0.05) is 11.6 Å². The molecule has 0 saturated heterocycles. The SMILES string of the molecule is C=C(/C=C\C)c1nccc2ccccc12. The van der Waals surface area contributed by atoms with Crippen molar-refractivity contribution >= 4 is 16.3 Å². The maximum absolute atomic E-state index is 4.37. The minimum Gasteiger partial charge on any atom is -0.256 e. The summed E-state index contributed by atoms with van der Waals surface area (Å²) >= 11 is 0. The molecule has 1 aromatic carbocycles. The Morgan fingerprint density at radius 3 is 2.87 bits per heavy atom. The predicted molar refractivity (Wildman–Crippen MR) is 65.6 cm³/mol. The number of pyridine rings is 1. The molecular formula is C14H13N. The molecule has 0 aliphatic heterocycles. The lowest BCUT2D eigenvalue weighted by atomic mass is 10.1. The van der Waals surface area contributed by atoms with Crippen LogP contribution in [0.2, 0.25) is 0 Å². The van der Waals surface area contributed by atoms with Gasteiger partial charge in [0.05, 0.1) is 5.69 Å². The molecule has 1 heterocycles. The molecule has 1 aromatic heterocycles. The highest BCUT2D eigenvalue weighted by molar-refractivity contribution is 5.93. The Bertz CT molecular complexity index is 518. The molecular weight excluding hydrogens is 182 g/mol. The third kappa shape index (κ3) is 1.82. The lowest BCUT2D eigenvalue weighted by molar-refractivity contribution is 1.32. The summed E-state index contributed by atoms with van der Waals surface area (Å²) in [7, 11) is 0. The second kappa shape index (κ2) is 4.09. The van der Waals surface area contributed by atoms with Gasteiger partial charge >= 0.3 is 0 Å². The standard InChI is InChI=1S/C14H13N/c1-3-6-11(2)14-13-8-5-4-7-12(13)9-10-15-14/h3-10H,2H2,1H3/b6-3-. The van der Waals surface area contributed by atoms with Gasteiger partial charge in [-0.2, -0.15) is 0 Å². The van der Waals surface area contributed by atoms with Crippen LogP contribution in [0.4, 0.5) is 0 Å². The van der Waals surface area contributed by atoms with Gasteiger partial charge in [-0.25, -0.2) is 0 Å². The van der Waals surface area contributed by atoms with Gasteiger partial charge < -0.3 is 0 Å². The van der Waals surface area contributed by atoms with E-state index >= 15 is 0 Å². The normalized spacial score (nSPS) is 11.0. The highest BCUT2D eigenvalue weighted by Gasteiger charge is 2.02. The quantitative estimate of drug-likeness (QED) is 0.664. The summed E-state index contributed by atoms with van der Waals surface area (Å²) in [5.41, 5.74) is 1.92. The maximum atomic E-state index is 4.37. The Hall–Kier alpha value is -1.89. The lowest BCUT2D eigenvalue weighted by Crippen LogP contribution is -1.87. The number of fused-ring (bicyclic) bond motifs is 1. The summed E-state index contributed by atoms with van der Waals surface area (Å²) in [4.78, 5) is 4.37. The van der Waals surface area contributed by atoms with Crippen LogP contribution < -0.4 is 0 Å². The molecule has 2 aromatic rings. The van der Waals surface area contributed by atoms with E-state index in [1.165, 1.54) is 5.39 Å². The van der Waals surface area contributed by atoms with Gasteiger partial charge in [-0.1, -0.05) is 43.0 Å². The van der Waals surface area contributed by atoms with Crippen molar-refractivity contribution in [3.8, 4) is 0 Å². The van der Waals surface area contributed by atoms with E-state index in [4.69, 9.17) is 0 Å². The molecule has 0 amide bonds. The van der Waals surface area contributed by atoms with Gasteiger partial charge in [0.1, 0.15) is 0 Å². The van der Waals surface area contributed by atoms with Crippen molar-refractivity contribution in [1.82, 2.24) is 4.98 Å². The van der Waals surface area contributed by atoms with Crippen molar-refractivity contribution in [2.45, 2.75) is 6.92 Å². The van der Waals surface area contributed by atoms with E-state index in [9.17, 15) is 0 Å². The van der Waals surface area contributed by atoms with E-state index in [-0.39, 0.29) is 0 Å². The van der Waals surface area contributed by atoms with Gasteiger partial charge in [-0.05, 0) is 23.9 Å². The van der Waals surface area contributed by atoms with E-state index in [1.54, 1.807) is 0 Å². The number of rotatable bonds is 2. The predicted octanol–water partition coefficient (Wildman–Crippen LogP) is 3.82. The topological polar surface area (TPSA) is 12.9 Å². The molecule has 15 heavy (non-hydrogen) atoms. The first-order valence-corrected chi connectivity index (χ1v) is 4.98. The molecule has 0 bridgehead atoms. The number of hydrogen-bond donors (Lipinski definition) is 0. The van der Waals surface area contributed by atoms with Gasteiger partial charge in [0.2, 0.25) is 0 Å². The molecule has 1 nitrogen and oxygen atoms in total. The summed E-state index contributed by atoms with van der Waals surface area (Å²) in [5, 5.41) is 2.36. The van der Waals surface area contributed by atoms with Crippen LogP contribution in [0.15, 0.2) is 55.3 Å². The van der Waals surface area contributed by atoms with Crippen LogP contribution >= 0.6 is 0 Å². The molecule has 2 rings (SSSR count). The highest BCUT2D eigenvalue weighted by atomic mass is 14.7. The van der Waals surface area contributed by atoms with Gasteiger partial charge in [-0.15, -0.1) is 0 Å². The molecule has 0 saturated carbocycles. The average Bonchev–Trinajstić information content (AvgIpc) is 2.28. The van der Waals surface area contributed by atoms with Crippen molar-refractivity contribution in [2.24, 2.45) is 0 Å². The average molecular weight is 195 g/mol. The smallest absolute Gasteiger partial charge is 0.0774 e. The Morgan fingerprint density at radius 2 is 2.07 bits per heavy atom. The Kier molecular flexibility index (Phi) is 2.64. The van der Waals surface area contributed by atoms with E-state index in [0.29, 0.717) is 0 Å². The van der Waals surface area contributed by atoms with E-state index < -0.39 is 0 Å². The lowest BCUT2D eigenvalue weighted by Gasteiger charge is -2.04. The number of benzene rings is 1. The molecule has 0 N–H and O–H groups in total. The molecule has 0 fully saturated rings. The first-order valence-electron chi connectivity index (χ1n) is 4.98. The third-order valence-electron chi connectivity index (χ3n) is 2.35. The molecule has 74 valence electrons. The molecule has 1 heteroatoms. The minimum absolute atomic E-state index is 0.953. The zero-order valence-electron chi connectivity index (χ0n) is 8.77. The van der Waals surface area contributed by atoms with Crippen LogP contribution in [0.3, 0.4) is 0 Å². The fourth-order valence-corrected chi connectivity index (χ4v) is 1.66. The van der Waals surface area contributed by atoms with E-state index in [1.807, 2.05) is 43.5 Å². The number of allylic oxidation sites excluding steroid dienone is 3. The van der Waals surface area contributed by atoms with Crippen LogP contribution in [0.5, 0.6) is 0 Å². The second-order valence-corrected chi connectivity index (χ2v) is 3.41. The summed E-state index contributed by atoms with van der Waals surface area (Å²) in [6.07, 6.45) is 5.78. The van der Waals surface area contributed by atoms with Crippen molar-refractivity contribution in [1.29, 1.82) is 0 Å². The number of aromatic nitrogens is 1. The summed E-state index contributed by atoms with van der Waals surface area (Å²) in [5.74, 6) is 0. The first-order chi connectivity index (χ1) is 7.33. The summed E-state index contributed by atoms with van der Waals surface area (Å²) in [6, 6.07) is 10.2. The largest absolute Gasteiger partial charge is 0.256 e. The number of hydrogen-bond acceptors (Lipinski definition) is 1. The van der Waals surface area contributed by atoms with Gasteiger partial charge in [0.15, 0.2) is 0 Å². The van der Waals surface area contributed by atoms with E-state index in [2.05, 4.69) is 23.7 Å². The molecule has 0 spiro atoms. The van der Waals surface area contributed by atoms with E-state index in [0.717, 1.165) is 16.7 Å². The highest BCUT2D eigenvalue weighted by Crippen LogP contribution is 2.22. The maximum Gasteiger partial charge on any atom is 0.0774 e. The van der Waals surface area contributed by atoms with Crippen molar-refractivity contribution in [3.05, 3.63) is 61.0 Å². The number of nitrogens with zero attached hydrogens (tertiary/aromatic N) is 1. The fraction of sp³-hybridized carbons (Fsp3) is 0.0714. The van der Waals surface area contributed by atoms with Gasteiger partial charge in [-0.3, -0.25) is 4.98 Å². The summed E-state index contributed by atoms with van der Waals surface area (Å²) < 4.78 is 0. The van der Waals surface area contributed by atoms with Crippen LogP contribution in [-0.2, 0) is 0 Å². The molecule has 0 atom stereocenters. The Morgan fingerprint density at radius 1 is 1.27 bits per heavy atom. The van der Waals surface area contributed by atoms with Crippen LogP contribution in [0, 0.1) is 0 Å². The zero-order valence-corrected chi connectivity index (χ0v) is 8.77.